The van der Waals surface area contributed by atoms with E-state index in [4.69, 9.17) is 4.74 Å². The molecule has 0 spiro atoms. The van der Waals surface area contributed by atoms with Gasteiger partial charge < -0.3 is 10.1 Å². The second kappa shape index (κ2) is 4.24. The van der Waals surface area contributed by atoms with E-state index in [0.29, 0.717) is 13.2 Å². The first kappa shape index (κ1) is 13.4. The molecule has 1 aliphatic heterocycles. The summed E-state index contributed by atoms with van der Waals surface area (Å²) in [6.45, 7) is 9.71. The van der Waals surface area contributed by atoms with E-state index in [-0.39, 0.29) is 28.6 Å². The van der Waals surface area contributed by atoms with Crippen LogP contribution in [0.4, 0.5) is 0 Å². The molecule has 100 valence electrons. The van der Waals surface area contributed by atoms with Gasteiger partial charge in [-0.1, -0.05) is 27.7 Å². The predicted molar refractivity (Wildman–Crippen MR) is 67.5 cm³/mol. The van der Waals surface area contributed by atoms with E-state index in [0.717, 1.165) is 6.42 Å². The topological polar surface area (TPSA) is 62.1 Å². The summed E-state index contributed by atoms with van der Waals surface area (Å²) >= 11 is 0. The Labute approximate surface area is 109 Å². The fourth-order valence-electron chi connectivity index (χ4n) is 3.16. The van der Waals surface area contributed by atoms with E-state index in [9.17, 15) is 10.1 Å². The van der Waals surface area contributed by atoms with Gasteiger partial charge in [0.15, 0.2) is 0 Å². The first-order chi connectivity index (χ1) is 8.32. The third-order valence-electron chi connectivity index (χ3n) is 5.16. The molecule has 2 atom stereocenters. The maximum atomic E-state index is 12.3. The van der Waals surface area contributed by atoms with E-state index in [1.165, 1.54) is 0 Å². The summed E-state index contributed by atoms with van der Waals surface area (Å²) in [5.41, 5.74) is 0.0343. The zero-order valence-electron chi connectivity index (χ0n) is 11.6. The highest BCUT2D eigenvalue weighted by molar-refractivity contribution is 5.84. The Kier molecular flexibility index (Phi) is 3.14. The van der Waals surface area contributed by atoms with Crippen LogP contribution in [-0.2, 0) is 9.53 Å². The van der Waals surface area contributed by atoms with Crippen LogP contribution in [0.1, 0.15) is 34.1 Å². The zero-order valence-corrected chi connectivity index (χ0v) is 11.6. The van der Waals surface area contributed by atoms with E-state index >= 15 is 0 Å². The molecule has 1 saturated carbocycles. The van der Waals surface area contributed by atoms with E-state index < -0.39 is 6.04 Å². The van der Waals surface area contributed by atoms with Crippen molar-refractivity contribution in [2.75, 3.05) is 13.2 Å². The van der Waals surface area contributed by atoms with Gasteiger partial charge in [-0.2, -0.15) is 5.26 Å². The average molecular weight is 250 g/mol. The second-order valence-electron chi connectivity index (χ2n) is 6.62. The maximum Gasteiger partial charge on any atom is 0.225 e. The molecule has 0 bridgehead atoms. The standard InChI is InChI=1S/C14H22N2O2/c1-13(2)11(14(13,3)4)12(17)16-10(7-15)9-5-6-18-8-9/h9-11H,5-6,8H2,1-4H3,(H,16,17)/t9-,10+/m1/s1. The molecule has 0 aromatic rings. The van der Waals surface area contributed by atoms with Crippen LogP contribution in [0.3, 0.4) is 0 Å². The van der Waals surface area contributed by atoms with Crippen LogP contribution in [0.2, 0.25) is 0 Å². The molecule has 1 saturated heterocycles. The molecule has 4 heteroatoms. The highest BCUT2D eigenvalue weighted by atomic mass is 16.5. The Bertz CT molecular complexity index is 375. The Hall–Kier alpha value is -1.08. The normalized spacial score (nSPS) is 30.5. The molecule has 1 aliphatic carbocycles. The van der Waals surface area contributed by atoms with Crippen molar-refractivity contribution >= 4 is 5.91 Å². The molecular weight excluding hydrogens is 228 g/mol. The molecule has 0 unspecified atom stereocenters. The van der Waals surface area contributed by atoms with Crippen LogP contribution in [0.5, 0.6) is 0 Å². The lowest BCUT2D eigenvalue weighted by Gasteiger charge is -2.17. The highest BCUT2D eigenvalue weighted by Crippen LogP contribution is 2.68. The number of nitrogens with one attached hydrogen (secondary N) is 1. The number of hydrogen-bond donors (Lipinski definition) is 1. The Balaban J connectivity index is 1.98. The molecule has 0 aromatic carbocycles. The van der Waals surface area contributed by atoms with Crippen molar-refractivity contribution in [3.05, 3.63) is 0 Å². The average Bonchev–Trinajstić information content (AvgIpc) is 2.70. The van der Waals surface area contributed by atoms with Gasteiger partial charge in [-0.05, 0) is 17.3 Å². The lowest BCUT2D eigenvalue weighted by Crippen LogP contribution is -2.41. The molecule has 2 fully saturated rings. The van der Waals surface area contributed by atoms with Crippen molar-refractivity contribution in [2.45, 2.75) is 40.2 Å². The van der Waals surface area contributed by atoms with Crippen LogP contribution in [0.25, 0.3) is 0 Å². The molecule has 0 radical (unpaired) electrons. The molecule has 1 heterocycles. The summed E-state index contributed by atoms with van der Waals surface area (Å²) in [6.07, 6.45) is 0.857. The van der Waals surface area contributed by atoms with E-state index in [2.05, 4.69) is 39.1 Å². The van der Waals surface area contributed by atoms with Gasteiger partial charge in [0.25, 0.3) is 0 Å². The third kappa shape index (κ3) is 1.91. The van der Waals surface area contributed by atoms with Gasteiger partial charge in [-0.25, -0.2) is 0 Å². The monoisotopic (exact) mass is 250 g/mol. The molecule has 2 aliphatic rings. The predicted octanol–water partition coefficient (Wildman–Crippen LogP) is 1.71. The van der Waals surface area contributed by atoms with Gasteiger partial charge >= 0.3 is 0 Å². The minimum Gasteiger partial charge on any atom is -0.381 e. The van der Waals surface area contributed by atoms with Crippen molar-refractivity contribution in [1.82, 2.24) is 5.32 Å². The van der Waals surface area contributed by atoms with Crippen LogP contribution in [0, 0.1) is 34.0 Å². The summed E-state index contributed by atoms with van der Waals surface area (Å²) < 4.78 is 5.28. The van der Waals surface area contributed by atoms with E-state index in [1.54, 1.807) is 0 Å². The molecule has 0 aromatic heterocycles. The molecule has 1 N–H and O–H groups in total. The fourth-order valence-corrected chi connectivity index (χ4v) is 3.16. The first-order valence-electron chi connectivity index (χ1n) is 6.60. The van der Waals surface area contributed by atoms with Crippen molar-refractivity contribution < 1.29 is 9.53 Å². The number of rotatable bonds is 3. The quantitative estimate of drug-likeness (QED) is 0.829. The number of nitriles is 1. The van der Waals surface area contributed by atoms with Gasteiger partial charge in [-0.15, -0.1) is 0 Å². The highest BCUT2D eigenvalue weighted by Gasteiger charge is 2.68. The minimum absolute atomic E-state index is 0.00294. The minimum atomic E-state index is -0.410. The summed E-state index contributed by atoms with van der Waals surface area (Å²) in [4.78, 5) is 12.3. The number of amides is 1. The molecular formula is C14H22N2O2. The van der Waals surface area contributed by atoms with Gasteiger partial charge in [0, 0.05) is 18.4 Å². The lowest BCUT2D eigenvalue weighted by molar-refractivity contribution is -0.124. The SMILES string of the molecule is CC1(C)C(C(=O)N[C@@H](C#N)[C@@H]2CCOC2)C1(C)C. The molecule has 1 amide bonds. The van der Waals surface area contributed by atoms with Gasteiger partial charge in [-0.3, -0.25) is 4.79 Å². The van der Waals surface area contributed by atoms with Crippen molar-refractivity contribution in [1.29, 1.82) is 5.26 Å². The Morgan fingerprint density at radius 3 is 2.39 bits per heavy atom. The van der Waals surface area contributed by atoms with Crippen LogP contribution < -0.4 is 5.32 Å². The number of nitrogens with zero attached hydrogens (tertiary/aromatic N) is 1. The fraction of sp³-hybridized carbons (Fsp3) is 0.857. The number of hydrogen-bond acceptors (Lipinski definition) is 3. The third-order valence-corrected chi connectivity index (χ3v) is 5.16. The number of carbonyl (C=O) groups is 1. The first-order valence-corrected chi connectivity index (χ1v) is 6.60. The number of carbonyl (C=O) groups excluding carboxylic acids is 1. The second-order valence-corrected chi connectivity index (χ2v) is 6.62. The van der Waals surface area contributed by atoms with Gasteiger partial charge in [0.1, 0.15) is 6.04 Å². The van der Waals surface area contributed by atoms with E-state index in [1.807, 2.05) is 0 Å². The Morgan fingerprint density at radius 1 is 1.39 bits per heavy atom. The van der Waals surface area contributed by atoms with Crippen molar-refractivity contribution in [2.24, 2.45) is 22.7 Å². The Morgan fingerprint density at radius 2 is 2.00 bits per heavy atom. The maximum absolute atomic E-state index is 12.3. The van der Waals surface area contributed by atoms with Crippen LogP contribution >= 0.6 is 0 Å². The van der Waals surface area contributed by atoms with Crippen LogP contribution in [0.15, 0.2) is 0 Å². The van der Waals surface area contributed by atoms with Crippen molar-refractivity contribution in [3.8, 4) is 6.07 Å². The van der Waals surface area contributed by atoms with Crippen molar-refractivity contribution in [3.63, 3.8) is 0 Å². The summed E-state index contributed by atoms with van der Waals surface area (Å²) in [7, 11) is 0. The summed E-state index contributed by atoms with van der Waals surface area (Å²) in [5, 5.41) is 12.1. The molecule has 2 rings (SSSR count). The number of ether oxygens (including phenoxy) is 1. The molecule has 4 nitrogen and oxygen atoms in total. The van der Waals surface area contributed by atoms with Crippen LogP contribution in [-0.4, -0.2) is 25.2 Å². The molecule has 18 heavy (non-hydrogen) atoms. The largest absolute Gasteiger partial charge is 0.381 e. The summed E-state index contributed by atoms with van der Waals surface area (Å²) in [5.74, 6) is 0.163. The van der Waals surface area contributed by atoms with Gasteiger partial charge in [0.05, 0.1) is 12.7 Å². The summed E-state index contributed by atoms with van der Waals surface area (Å²) in [6, 6.07) is 1.79. The smallest absolute Gasteiger partial charge is 0.225 e. The zero-order chi connectivity index (χ0) is 13.6. The lowest BCUT2D eigenvalue weighted by atomic mass is 9.99. The van der Waals surface area contributed by atoms with Gasteiger partial charge in [0.2, 0.25) is 5.91 Å².